The molecular formula is C21H28N3O+. The van der Waals surface area contributed by atoms with Gasteiger partial charge in [-0.25, -0.2) is 0 Å². The predicted molar refractivity (Wildman–Crippen MR) is 102 cm³/mol. The lowest BCUT2D eigenvalue weighted by Gasteiger charge is -2.30. The van der Waals surface area contributed by atoms with Gasteiger partial charge in [0, 0.05) is 5.56 Å². The van der Waals surface area contributed by atoms with Crippen LogP contribution in [0.4, 0.5) is 0 Å². The third kappa shape index (κ3) is 4.83. The highest BCUT2D eigenvalue weighted by atomic mass is 16.5. The molecule has 1 saturated heterocycles. The van der Waals surface area contributed by atoms with Gasteiger partial charge in [0.1, 0.15) is 12.3 Å². The topological polar surface area (TPSA) is 29.3 Å². The zero-order chi connectivity index (χ0) is 17.6. The Balaban J connectivity index is 1.50. The lowest BCUT2D eigenvalue weighted by atomic mass is 10.1. The van der Waals surface area contributed by atoms with E-state index in [9.17, 15) is 0 Å². The summed E-state index contributed by atoms with van der Waals surface area (Å²) < 4.78 is 5.18. The molecule has 1 N–H and O–H groups in total. The molecular weight excluding hydrogens is 310 g/mol. The van der Waals surface area contributed by atoms with Crippen LogP contribution in [0.1, 0.15) is 22.3 Å². The fraction of sp³-hybridized carbons (Fsp3) is 0.381. The van der Waals surface area contributed by atoms with E-state index in [1.807, 2.05) is 30.5 Å². The van der Waals surface area contributed by atoms with E-state index < -0.39 is 0 Å². The van der Waals surface area contributed by atoms with Crippen LogP contribution in [0.2, 0.25) is 0 Å². The van der Waals surface area contributed by atoms with Crippen LogP contribution in [0.15, 0.2) is 47.6 Å². The van der Waals surface area contributed by atoms with Gasteiger partial charge < -0.3 is 9.64 Å². The first-order valence-electron chi connectivity index (χ1n) is 8.97. The lowest BCUT2D eigenvalue weighted by Crippen LogP contribution is -3.13. The summed E-state index contributed by atoms with van der Waals surface area (Å²) in [5.41, 5.74) is 5.32. The molecule has 0 unspecified atom stereocenters. The highest BCUT2D eigenvalue weighted by Crippen LogP contribution is 2.10. The van der Waals surface area contributed by atoms with Gasteiger partial charge in [-0.05, 0) is 49.2 Å². The van der Waals surface area contributed by atoms with Gasteiger partial charge in [0.05, 0.1) is 39.5 Å². The Bertz CT molecular complexity index is 716. The molecule has 0 atom stereocenters. The molecule has 0 spiro atoms. The summed E-state index contributed by atoms with van der Waals surface area (Å²) >= 11 is 0. The zero-order valence-electron chi connectivity index (χ0n) is 15.5. The second-order valence-corrected chi connectivity index (χ2v) is 6.83. The van der Waals surface area contributed by atoms with E-state index in [1.165, 1.54) is 16.7 Å². The van der Waals surface area contributed by atoms with Gasteiger partial charge in [0.2, 0.25) is 0 Å². The first-order chi connectivity index (χ1) is 12.1. The number of hydrazone groups is 1. The summed E-state index contributed by atoms with van der Waals surface area (Å²) in [4.78, 5) is 1.64. The zero-order valence-corrected chi connectivity index (χ0v) is 15.5. The van der Waals surface area contributed by atoms with E-state index in [0.717, 1.165) is 44.0 Å². The molecule has 1 heterocycles. The summed E-state index contributed by atoms with van der Waals surface area (Å²) in [6.45, 7) is 9.77. The minimum atomic E-state index is 0.876. The van der Waals surface area contributed by atoms with Crippen molar-refractivity contribution in [3.8, 4) is 5.75 Å². The van der Waals surface area contributed by atoms with E-state index in [-0.39, 0.29) is 0 Å². The lowest BCUT2D eigenvalue weighted by molar-refractivity contribution is -0.918. The van der Waals surface area contributed by atoms with Gasteiger partial charge in [-0.3, -0.25) is 5.01 Å². The highest BCUT2D eigenvalue weighted by Gasteiger charge is 2.19. The van der Waals surface area contributed by atoms with Crippen LogP contribution in [-0.4, -0.2) is 44.5 Å². The van der Waals surface area contributed by atoms with Gasteiger partial charge in [-0.2, -0.15) is 5.10 Å². The average molecular weight is 338 g/mol. The monoisotopic (exact) mass is 338 g/mol. The highest BCUT2D eigenvalue weighted by molar-refractivity contribution is 5.79. The molecule has 0 bridgehead atoms. The summed E-state index contributed by atoms with van der Waals surface area (Å²) in [6, 6.07) is 14.8. The molecule has 0 amide bonds. The van der Waals surface area contributed by atoms with Crippen LogP contribution in [0.3, 0.4) is 0 Å². The Hall–Kier alpha value is -2.33. The molecule has 0 aromatic heterocycles. The van der Waals surface area contributed by atoms with Crippen molar-refractivity contribution in [2.24, 2.45) is 5.10 Å². The number of benzene rings is 2. The fourth-order valence-electron chi connectivity index (χ4n) is 3.26. The Kier molecular flexibility index (Phi) is 5.71. The van der Waals surface area contributed by atoms with Crippen molar-refractivity contribution >= 4 is 6.21 Å². The Labute approximate surface area is 150 Å². The number of ether oxygens (including phenoxy) is 1. The number of piperazine rings is 1. The molecule has 0 radical (unpaired) electrons. The van der Waals surface area contributed by atoms with Crippen molar-refractivity contribution in [1.29, 1.82) is 0 Å². The third-order valence-corrected chi connectivity index (χ3v) is 4.87. The Morgan fingerprint density at radius 3 is 2.44 bits per heavy atom. The van der Waals surface area contributed by atoms with E-state index in [4.69, 9.17) is 4.74 Å². The number of aryl methyl sites for hydroxylation is 2. The number of rotatable bonds is 5. The van der Waals surface area contributed by atoms with E-state index >= 15 is 0 Å². The SMILES string of the molecule is COc1ccc(C=NN2CC[NH+](Cc3ccc(C)cc3C)CC2)cc1. The maximum Gasteiger partial charge on any atom is 0.118 e. The predicted octanol–water partition coefficient (Wildman–Crippen LogP) is 2.05. The van der Waals surface area contributed by atoms with Crippen LogP contribution in [0.5, 0.6) is 5.75 Å². The van der Waals surface area contributed by atoms with Crippen molar-refractivity contribution < 1.29 is 9.64 Å². The molecule has 4 heteroatoms. The van der Waals surface area contributed by atoms with Gasteiger partial charge in [-0.1, -0.05) is 23.8 Å². The largest absolute Gasteiger partial charge is 0.497 e. The quantitative estimate of drug-likeness (QED) is 0.846. The first kappa shape index (κ1) is 17.5. The van der Waals surface area contributed by atoms with Gasteiger partial charge in [0.25, 0.3) is 0 Å². The number of hydrogen-bond acceptors (Lipinski definition) is 3. The molecule has 2 aromatic rings. The molecule has 0 saturated carbocycles. The second kappa shape index (κ2) is 8.17. The Morgan fingerprint density at radius 1 is 1.08 bits per heavy atom. The van der Waals surface area contributed by atoms with Gasteiger partial charge in [-0.15, -0.1) is 0 Å². The van der Waals surface area contributed by atoms with Crippen molar-refractivity contribution in [3.05, 3.63) is 64.7 Å². The number of nitrogens with one attached hydrogen (secondary N) is 1. The van der Waals surface area contributed by atoms with Crippen molar-refractivity contribution in [2.75, 3.05) is 33.3 Å². The molecule has 3 rings (SSSR count). The molecule has 25 heavy (non-hydrogen) atoms. The maximum atomic E-state index is 5.18. The summed E-state index contributed by atoms with van der Waals surface area (Å²) in [5.74, 6) is 0.876. The molecule has 132 valence electrons. The number of quaternary nitrogens is 1. The van der Waals surface area contributed by atoms with Crippen molar-refractivity contribution in [2.45, 2.75) is 20.4 Å². The van der Waals surface area contributed by atoms with E-state index in [1.54, 1.807) is 12.0 Å². The van der Waals surface area contributed by atoms with Crippen LogP contribution in [0.25, 0.3) is 0 Å². The van der Waals surface area contributed by atoms with Crippen molar-refractivity contribution in [1.82, 2.24) is 5.01 Å². The number of nitrogens with zero attached hydrogens (tertiary/aromatic N) is 2. The van der Waals surface area contributed by atoms with Crippen molar-refractivity contribution in [3.63, 3.8) is 0 Å². The smallest absolute Gasteiger partial charge is 0.118 e. The Morgan fingerprint density at radius 2 is 1.80 bits per heavy atom. The molecule has 1 aliphatic heterocycles. The molecule has 1 aliphatic rings. The van der Waals surface area contributed by atoms with Gasteiger partial charge in [0.15, 0.2) is 0 Å². The summed E-state index contributed by atoms with van der Waals surface area (Å²) in [6.07, 6.45) is 1.94. The van der Waals surface area contributed by atoms with Crippen LogP contribution < -0.4 is 9.64 Å². The maximum absolute atomic E-state index is 5.18. The normalized spacial score (nSPS) is 15.7. The average Bonchev–Trinajstić information content (AvgIpc) is 2.64. The standard InChI is InChI=1S/C21H27N3O/c1-17-4-7-20(18(2)14-17)16-23-10-12-24(13-11-23)22-15-19-5-8-21(25-3)9-6-19/h4-9,14-15H,10-13,16H2,1-3H3/p+1. The number of methoxy groups -OCH3 is 1. The number of hydrogen-bond donors (Lipinski definition) is 1. The minimum absolute atomic E-state index is 0.876. The summed E-state index contributed by atoms with van der Waals surface area (Å²) in [7, 11) is 1.68. The third-order valence-electron chi connectivity index (χ3n) is 4.87. The van der Waals surface area contributed by atoms with Crippen LogP contribution in [0, 0.1) is 13.8 Å². The molecule has 4 nitrogen and oxygen atoms in total. The summed E-state index contributed by atoms with van der Waals surface area (Å²) in [5, 5.41) is 6.81. The minimum Gasteiger partial charge on any atom is -0.497 e. The molecule has 1 fully saturated rings. The van der Waals surface area contributed by atoms with Crippen LogP contribution in [-0.2, 0) is 6.54 Å². The van der Waals surface area contributed by atoms with Crippen LogP contribution >= 0.6 is 0 Å². The fourth-order valence-corrected chi connectivity index (χ4v) is 3.26. The molecule has 0 aliphatic carbocycles. The molecule has 2 aromatic carbocycles. The van der Waals surface area contributed by atoms with E-state index in [2.05, 4.69) is 42.2 Å². The van der Waals surface area contributed by atoms with E-state index in [0.29, 0.717) is 0 Å². The second-order valence-electron chi connectivity index (χ2n) is 6.83. The first-order valence-corrected chi connectivity index (χ1v) is 8.97. The van der Waals surface area contributed by atoms with Gasteiger partial charge >= 0.3 is 0 Å².